The second kappa shape index (κ2) is 6.36. The fraction of sp³-hybridized carbons (Fsp3) is 0.211. The first-order valence-electron chi connectivity index (χ1n) is 7.89. The summed E-state index contributed by atoms with van der Waals surface area (Å²) >= 11 is 0. The summed E-state index contributed by atoms with van der Waals surface area (Å²) in [6.07, 6.45) is -6.99. The van der Waals surface area contributed by atoms with Crippen molar-refractivity contribution in [1.82, 2.24) is 0 Å². The van der Waals surface area contributed by atoms with Gasteiger partial charge in [-0.15, -0.1) is 0 Å². The molecule has 29 heavy (non-hydrogen) atoms. The van der Waals surface area contributed by atoms with E-state index in [-0.39, 0.29) is 16.2 Å². The van der Waals surface area contributed by atoms with Gasteiger partial charge in [0.05, 0.1) is 0 Å². The fourth-order valence-corrected chi connectivity index (χ4v) is 2.93. The summed E-state index contributed by atoms with van der Waals surface area (Å²) in [5.41, 5.74) is -1.10. The van der Waals surface area contributed by atoms with Crippen molar-refractivity contribution in [3.63, 3.8) is 0 Å². The van der Waals surface area contributed by atoms with E-state index in [2.05, 4.69) is 0 Å². The third-order valence-electron chi connectivity index (χ3n) is 4.44. The number of hydrogen-bond acceptors (Lipinski definition) is 1. The van der Waals surface area contributed by atoms with Gasteiger partial charge >= 0.3 is 23.9 Å². The Bertz CT molecular complexity index is 1100. The first kappa shape index (κ1) is 20.9. The van der Waals surface area contributed by atoms with Crippen molar-refractivity contribution in [2.24, 2.45) is 0 Å². The lowest BCUT2D eigenvalue weighted by Crippen LogP contribution is -2.63. The zero-order valence-corrected chi connectivity index (χ0v) is 14.0. The predicted octanol–water partition coefficient (Wildman–Crippen LogP) is 6.64. The number of alkyl halides is 9. The molecule has 0 bridgehead atoms. The van der Waals surface area contributed by atoms with Crippen molar-refractivity contribution in [2.45, 2.75) is 23.9 Å². The fourth-order valence-electron chi connectivity index (χ4n) is 2.93. The number of ketones is 1. The van der Waals surface area contributed by atoms with Crippen LogP contribution in [0, 0.1) is 0 Å². The highest BCUT2D eigenvalue weighted by Gasteiger charge is 2.83. The van der Waals surface area contributed by atoms with E-state index in [0.717, 1.165) is 12.1 Å². The van der Waals surface area contributed by atoms with E-state index in [1.54, 1.807) is 6.07 Å². The maximum atomic E-state index is 14.2. The van der Waals surface area contributed by atoms with Gasteiger partial charge in [0, 0.05) is 5.56 Å². The summed E-state index contributed by atoms with van der Waals surface area (Å²) in [5.74, 6) is -23.3. The monoisotopic (exact) mass is 424 g/mol. The van der Waals surface area contributed by atoms with Crippen molar-refractivity contribution in [3.05, 3.63) is 60.2 Å². The van der Waals surface area contributed by atoms with E-state index in [4.69, 9.17) is 0 Å². The van der Waals surface area contributed by atoms with Gasteiger partial charge in [-0.2, -0.15) is 39.5 Å². The second-order valence-corrected chi connectivity index (χ2v) is 6.24. The van der Waals surface area contributed by atoms with Crippen LogP contribution in [0.15, 0.2) is 54.6 Å². The highest BCUT2D eigenvalue weighted by atomic mass is 19.4. The smallest absolute Gasteiger partial charge is 0.287 e. The van der Waals surface area contributed by atoms with Gasteiger partial charge in [0.2, 0.25) is 5.78 Å². The predicted molar refractivity (Wildman–Crippen MR) is 86.7 cm³/mol. The molecule has 0 saturated heterocycles. The van der Waals surface area contributed by atoms with Crippen LogP contribution in [0.5, 0.6) is 0 Å². The quantitative estimate of drug-likeness (QED) is 0.261. The number of Topliss-reactive ketones (excluding diaryl/α,β-unsaturated/α-hetero) is 1. The molecular formula is C19H9F9O. The lowest BCUT2D eigenvalue weighted by Gasteiger charge is -2.33. The van der Waals surface area contributed by atoms with Crippen LogP contribution in [0.2, 0.25) is 0 Å². The molecule has 0 aliphatic heterocycles. The van der Waals surface area contributed by atoms with Crippen LogP contribution in [-0.2, 0) is 0 Å². The Kier molecular flexibility index (Phi) is 4.59. The molecule has 0 unspecified atom stereocenters. The SMILES string of the molecule is O=C(c1cc2ccccc2c2ccccc12)C(F)(F)C(F)(F)C(F)(F)C(F)(F)F. The molecule has 0 atom stereocenters. The topological polar surface area (TPSA) is 17.1 Å². The third-order valence-corrected chi connectivity index (χ3v) is 4.44. The first-order chi connectivity index (χ1) is 13.2. The summed E-state index contributed by atoms with van der Waals surface area (Å²) in [5, 5.41) is 0.448. The molecule has 3 aromatic carbocycles. The molecule has 0 fully saturated rings. The average Bonchev–Trinajstić information content (AvgIpc) is 2.65. The zero-order chi connectivity index (χ0) is 21.8. The minimum atomic E-state index is -7.13. The second-order valence-electron chi connectivity index (χ2n) is 6.24. The maximum Gasteiger partial charge on any atom is 0.460 e. The standard InChI is InChI=1S/C19H9F9O/c20-16(21,17(22,23)18(24,25)19(26,27)28)15(29)14-9-10-5-1-2-6-11(10)12-7-3-4-8-13(12)14/h1-9H. The Morgan fingerprint density at radius 1 is 0.621 bits per heavy atom. The van der Waals surface area contributed by atoms with E-state index < -0.39 is 35.3 Å². The Labute approximate surface area is 156 Å². The van der Waals surface area contributed by atoms with E-state index in [9.17, 15) is 44.3 Å². The largest absolute Gasteiger partial charge is 0.460 e. The molecule has 0 radical (unpaired) electrons. The maximum absolute atomic E-state index is 14.2. The molecule has 3 aromatic rings. The van der Waals surface area contributed by atoms with Gasteiger partial charge in [-0.05, 0) is 27.6 Å². The highest BCUT2D eigenvalue weighted by molar-refractivity contribution is 6.19. The molecule has 0 saturated carbocycles. The Balaban J connectivity index is 2.25. The third kappa shape index (κ3) is 2.92. The van der Waals surface area contributed by atoms with Crippen molar-refractivity contribution < 1.29 is 44.3 Å². The molecule has 0 aliphatic rings. The summed E-state index contributed by atoms with van der Waals surface area (Å²) < 4.78 is 119. The van der Waals surface area contributed by atoms with Crippen LogP contribution >= 0.6 is 0 Å². The summed E-state index contributed by atoms with van der Waals surface area (Å²) in [6.45, 7) is 0. The summed E-state index contributed by atoms with van der Waals surface area (Å²) in [7, 11) is 0. The average molecular weight is 424 g/mol. The van der Waals surface area contributed by atoms with Gasteiger partial charge in [0.15, 0.2) is 0 Å². The molecule has 0 spiro atoms. The van der Waals surface area contributed by atoms with Crippen LogP contribution in [0.3, 0.4) is 0 Å². The molecule has 0 aromatic heterocycles. The van der Waals surface area contributed by atoms with Crippen LogP contribution < -0.4 is 0 Å². The lowest BCUT2D eigenvalue weighted by molar-refractivity contribution is -0.386. The molecule has 0 heterocycles. The minimum absolute atomic E-state index is 0.135. The number of rotatable bonds is 4. The van der Waals surface area contributed by atoms with Crippen LogP contribution in [0.1, 0.15) is 10.4 Å². The molecule has 0 aliphatic carbocycles. The number of hydrogen-bond donors (Lipinski definition) is 0. The number of carbonyl (C=O) groups excluding carboxylic acids is 1. The van der Waals surface area contributed by atoms with Gasteiger partial charge in [-0.25, -0.2) is 0 Å². The number of carbonyl (C=O) groups is 1. The normalized spacial score (nSPS) is 13.8. The van der Waals surface area contributed by atoms with Gasteiger partial charge in [0.1, 0.15) is 0 Å². The van der Waals surface area contributed by atoms with Crippen LogP contribution in [-0.4, -0.2) is 29.7 Å². The minimum Gasteiger partial charge on any atom is -0.287 e. The molecule has 10 heteroatoms. The molecule has 0 amide bonds. The van der Waals surface area contributed by atoms with Crippen LogP contribution in [0.25, 0.3) is 21.5 Å². The van der Waals surface area contributed by atoms with Crippen molar-refractivity contribution in [3.8, 4) is 0 Å². The van der Waals surface area contributed by atoms with Gasteiger partial charge < -0.3 is 0 Å². The van der Waals surface area contributed by atoms with Gasteiger partial charge in [-0.1, -0.05) is 48.5 Å². The lowest BCUT2D eigenvalue weighted by atomic mass is 9.90. The number of halogens is 9. The Morgan fingerprint density at radius 3 is 1.66 bits per heavy atom. The number of fused-ring (bicyclic) bond motifs is 3. The molecule has 154 valence electrons. The highest BCUT2D eigenvalue weighted by Crippen LogP contribution is 2.54. The van der Waals surface area contributed by atoms with Crippen molar-refractivity contribution in [2.75, 3.05) is 0 Å². The molecular weight excluding hydrogens is 415 g/mol. The van der Waals surface area contributed by atoms with E-state index in [0.29, 0.717) is 5.39 Å². The van der Waals surface area contributed by atoms with E-state index >= 15 is 0 Å². The summed E-state index contributed by atoms with van der Waals surface area (Å²) in [6, 6.07) is 11.9. The molecule has 1 nitrogen and oxygen atoms in total. The summed E-state index contributed by atoms with van der Waals surface area (Å²) in [4.78, 5) is 12.2. The van der Waals surface area contributed by atoms with Crippen molar-refractivity contribution >= 4 is 27.3 Å². The van der Waals surface area contributed by atoms with Gasteiger partial charge in [-0.3, -0.25) is 4.79 Å². The van der Waals surface area contributed by atoms with Crippen molar-refractivity contribution in [1.29, 1.82) is 0 Å². The van der Waals surface area contributed by atoms with Gasteiger partial charge in [0.25, 0.3) is 0 Å². The Hall–Kier alpha value is -2.78. The van der Waals surface area contributed by atoms with E-state index in [1.165, 1.54) is 36.4 Å². The molecule has 3 rings (SSSR count). The first-order valence-corrected chi connectivity index (χ1v) is 7.89. The molecule has 0 N–H and O–H groups in total. The Morgan fingerprint density at radius 2 is 1.10 bits per heavy atom. The van der Waals surface area contributed by atoms with Crippen LogP contribution in [0.4, 0.5) is 39.5 Å². The van der Waals surface area contributed by atoms with E-state index in [1.807, 2.05) is 0 Å². The number of benzene rings is 3. The zero-order valence-electron chi connectivity index (χ0n) is 14.0.